The van der Waals surface area contributed by atoms with Gasteiger partial charge in [-0.2, -0.15) is 0 Å². The number of esters is 1. The van der Waals surface area contributed by atoms with Gasteiger partial charge in [0.05, 0.1) is 18.3 Å². The first-order chi connectivity index (χ1) is 9.52. The summed E-state index contributed by atoms with van der Waals surface area (Å²) in [6.45, 7) is 1.39. The van der Waals surface area contributed by atoms with Crippen molar-refractivity contribution in [1.82, 2.24) is 15.0 Å². The Bertz CT molecular complexity index is 711. The van der Waals surface area contributed by atoms with Gasteiger partial charge in [-0.15, -0.1) is 5.10 Å². The minimum atomic E-state index is -0.644. The first-order valence-electron chi connectivity index (χ1n) is 5.84. The van der Waals surface area contributed by atoms with E-state index < -0.39 is 5.97 Å². The monoisotopic (exact) mass is 274 g/mol. The number of benzene rings is 1. The van der Waals surface area contributed by atoms with Crippen molar-refractivity contribution >= 4 is 28.9 Å². The summed E-state index contributed by atoms with van der Waals surface area (Å²) in [5.41, 5.74) is 2.19. The Morgan fingerprint density at radius 3 is 2.90 bits per heavy atom. The molecular formula is C13H14N4O3. The lowest BCUT2D eigenvalue weighted by molar-refractivity contribution is -0.135. The molecule has 0 aliphatic rings. The van der Waals surface area contributed by atoms with Gasteiger partial charge in [0.15, 0.2) is 0 Å². The lowest BCUT2D eigenvalue weighted by atomic mass is 10.2. The molecule has 0 fully saturated rings. The van der Waals surface area contributed by atoms with Crippen LogP contribution in [-0.4, -0.2) is 39.4 Å². The predicted molar refractivity (Wildman–Crippen MR) is 74.0 cm³/mol. The number of aryl methyl sites for hydroxylation is 1. The molecule has 2 rings (SSSR count). The van der Waals surface area contributed by atoms with Crippen LogP contribution < -0.4 is 0 Å². The number of ether oxygens (including phenoxy) is 1. The van der Waals surface area contributed by atoms with Crippen LogP contribution in [0.1, 0.15) is 6.92 Å². The van der Waals surface area contributed by atoms with Crippen molar-refractivity contribution in [2.45, 2.75) is 6.92 Å². The van der Waals surface area contributed by atoms with Crippen molar-refractivity contribution in [3.63, 3.8) is 0 Å². The van der Waals surface area contributed by atoms with E-state index in [1.54, 1.807) is 23.9 Å². The molecule has 0 spiro atoms. The molecule has 1 N–H and O–H groups in total. The number of fused-ring (bicyclic) bond motifs is 1. The molecular weight excluding hydrogens is 260 g/mol. The normalized spacial score (nSPS) is 12.8. The van der Waals surface area contributed by atoms with Gasteiger partial charge in [-0.1, -0.05) is 5.21 Å². The summed E-state index contributed by atoms with van der Waals surface area (Å²) < 4.78 is 6.22. The Hall–Kier alpha value is -2.70. The Morgan fingerprint density at radius 2 is 2.25 bits per heavy atom. The highest BCUT2D eigenvalue weighted by Crippen LogP contribution is 2.19. The van der Waals surface area contributed by atoms with Crippen LogP contribution >= 0.6 is 0 Å². The maximum absolute atomic E-state index is 11.4. The number of methoxy groups -OCH3 is 1. The van der Waals surface area contributed by atoms with Gasteiger partial charge in [0.1, 0.15) is 16.8 Å². The molecule has 1 aromatic heterocycles. The van der Waals surface area contributed by atoms with Crippen LogP contribution in [-0.2, 0) is 16.6 Å². The third-order valence-electron chi connectivity index (χ3n) is 2.73. The quantitative estimate of drug-likeness (QED) is 0.398. The van der Waals surface area contributed by atoms with Gasteiger partial charge in [-0.3, -0.25) is 4.99 Å². The smallest absolute Gasteiger partial charge is 0.342 e. The summed E-state index contributed by atoms with van der Waals surface area (Å²) in [7, 11) is 3.04. The number of carbonyl (C=O) groups excluding carboxylic acids is 1. The van der Waals surface area contributed by atoms with E-state index in [0.29, 0.717) is 11.2 Å². The zero-order chi connectivity index (χ0) is 14.7. The lowest BCUT2D eigenvalue weighted by Crippen LogP contribution is -2.08. The molecule has 0 saturated carbocycles. The first-order valence-corrected chi connectivity index (χ1v) is 5.84. The Morgan fingerprint density at radius 1 is 1.50 bits per heavy atom. The molecule has 1 aromatic carbocycles. The first kappa shape index (κ1) is 13.7. The highest BCUT2D eigenvalue weighted by molar-refractivity contribution is 6.10. The van der Waals surface area contributed by atoms with Crippen molar-refractivity contribution in [2.75, 3.05) is 7.11 Å². The fourth-order valence-corrected chi connectivity index (χ4v) is 1.65. The molecule has 0 aliphatic heterocycles. The van der Waals surface area contributed by atoms with Crippen molar-refractivity contribution < 1.29 is 14.6 Å². The number of nitrogens with zero attached hydrogens (tertiary/aromatic N) is 4. The number of hydrogen-bond donors (Lipinski definition) is 1. The molecule has 20 heavy (non-hydrogen) atoms. The number of aromatic nitrogens is 3. The van der Waals surface area contributed by atoms with Gasteiger partial charge in [-0.25, -0.2) is 9.48 Å². The number of aliphatic imine (C=N–C) groups is 1. The van der Waals surface area contributed by atoms with E-state index in [0.717, 1.165) is 5.52 Å². The number of carbonyl (C=O) groups is 1. The number of hydrogen-bond acceptors (Lipinski definition) is 6. The third-order valence-corrected chi connectivity index (χ3v) is 2.73. The molecule has 0 aliphatic carbocycles. The number of rotatable bonds is 3. The summed E-state index contributed by atoms with van der Waals surface area (Å²) >= 11 is 0. The molecule has 1 heterocycles. The molecule has 7 heteroatoms. The average molecular weight is 274 g/mol. The second-order valence-corrected chi connectivity index (χ2v) is 4.13. The van der Waals surface area contributed by atoms with Crippen LogP contribution in [0.5, 0.6) is 0 Å². The van der Waals surface area contributed by atoms with Crippen molar-refractivity contribution in [3.8, 4) is 0 Å². The summed E-state index contributed by atoms with van der Waals surface area (Å²) in [6.07, 6.45) is 1.26. The Balaban J connectivity index is 2.33. The molecule has 104 valence electrons. The maximum atomic E-state index is 11.4. The SMILES string of the molecule is COC(=O)/C(C=Nc1ccc2c(c1)nnn2C)=C(/C)O. The topological polar surface area (TPSA) is 89.6 Å². The van der Waals surface area contributed by atoms with Crippen molar-refractivity contribution in [3.05, 3.63) is 29.5 Å². The molecule has 0 atom stereocenters. The Labute approximate surface area is 115 Å². The van der Waals surface area contributed by atoms with Crippen LogP contribution in [0.2, 0.25) is 0 Å². The summed E-state index contributed by atoms with van der Waals surface area (Å²) in [4.78, 5) is 15.6. The molecule has 0 saturated heterocycles. The molecule has 0 radical (unpaired) electrons. The van der Waals surface area contributed by atoms with Crippen LogP contribution in [0, 0.1) is 0 Å². The van der Waals surface area contributed by atoms with Gasteiger partial charge in [0.2, 0.25) is 0 Å². The summed E-state index contributed by atoms with van der Waals surface area (Å²) in [5.74, 6) is -0.796. The Kier molecular flexibility index (Phi) is 3.79. The van der Waals surface area contributed by atoms with Gasteiger partial charge in [0, 0.05) is 13.3 Å². The number of allylic oxidation sites excluding steroid dienone is 1. The highest BCUT2D eigenvalue weighted by atomic mass is 16.5. The van der Waals surface area contributed by atoms with Gasteiger partial charge in [-0.05, 0) is 25.1 Å². The van der Waals surface area contributed by atoms with Gasteiger partial charge < -0.3 is 9.84 Å². The van der Waals surface area contributed by atoms with Crippen LogP contribution in [0.4, 0.5) is 5.69 Å². The zero-order valence-corrected chi connectivity index (χ0v) is 11.4. The highest BCUT2D eigenvalue weighted by Gasteiger charge is 2.10. The number of aliphatic hydroxyl groups excluding tert-OH is 1. The fourth-order valence-electron chi connectivity index (χ4n) is 1.65. The minimum Gasteiger partial charge on any atom is -0.512 e. The van der Waals surface area contributed by atoms with E-state index in [9.17, 15) is 9.90 Å². The largest absolute Gasteiger partial charge is 0.512 e. The molecule has 0 bridgehead atoms. The van der Waals surface area contributed by atoms with Crippen LogP contribution in [0.3, 0.4) is 0 Å². The molecule has 2 aromatic rings. The number of aliphatic hydroxyl groups is 1. The fraction of sp³-hybridized carbons (Fsp3) is 0.231. The van der Waals surface area contributed by atoms with Crippen molar-refractivity contribution in [2.24, 2.45) is 12.0 Å². The van der Waals surface area contributed by atoms with Gasteiger partial charge >= 0.3 is 5.97 Å². The van der Waals surface area contributed by atoms with E-state index in [2.05, 4.69) is 20.0 Å². The average Bonchev–Trinajstić information content (AvgIpc) is 2.79. The molecule has 7 nitrogen and oxygen atoms in total. The second kappa shape index (κ2) is 5.52. The van der Waals surface area contributed by atoms with E-state index >= 15 is 0 Å². The molecule has 0 amide bonds. The standard InChI is InChI=1S/C13H14N4O3/c1-8(18)10(13(19)20-3)7-14-9-4-5-12-11(6-9)15-16-17(12)2/h4-7,18H,1-3H3/b10-8-,14-7?. The molecule has 0 unspecified atom stereocenters. The van der Waals surface area contributed by atoms with E-state index in [1.807, 2.05) is 6.07 Å². The van der Waals surface area contributed by atoms with Crippen molar-refractivity contribution in [1.29, 1.82) is 0 Å². The second-order valence-electron chi connectivity index (χ2n) is 4.13. The summed E-state index contributed by atoms with van der Waals surface area (Å²) in [6, 6.07) is 5.33. The maximum Gasteiger partial charge on any atom is 0.342 e. The predicted octanol–water partition coefficient (Wildman–Crippen LogP) is 1.68. The third kappa shape index (κ3) is 2.66. The minimum absolute atomic E-state index is 0.00624. The summed E-state index contributed by atoms with van der Waals surface area (Å²) in [5, 5.41) is 17.3. The van der Waals surface area contributed by atoms with E-state index in [4.69, 9.17) is 0 Å². The zero-order valence-electron chi connectivity index (χ0n) is 11.4. The van der Waals surface area contributed by atoms with Crippen LogP contribution in [0.25, 0.3) is 11.0 Å². The lowest BCUT2D eigenvalue weighted by Gasteiger charge is -2.00. The van der Waals surface area contributed by atoms with E-state index in [1.165, 1.54) is 20.2 Å². The van der Waals surface area contributed by atoms with Gasteiger partial charge in [0.25, 0.3) is 0 Å². The van der Waals surface area contributed by atoms with Crippen LogP contribution in [0.15, 0.2) is 34.5 Å². The van der Waals surface area contributed by atoms with E-state index in [-0.39, 0.29) is 11.3 Å².